The van der Waals surface area contributed by atoms with Crippen molar-refractivity contribution in [2.45, 2.75) is 38.5 Å². The van der Waals surface area contributed by atoms with Gasteiger partial charge in [0, 0.05) is 6.04 Å². The van der Waals surface area contributed by atoms with Crippen LogP contribution in [0.2, 0.25) is 5.28 Å². The standard InChI is InChI=1S/C12H12ClF3N6/c1-6(2)22-7(3-12(14,15)16)10-20-18-5-21(10)8-4-17-11(13)19-9(8)22/h4-7H,3H2,1-2H3. The van der Waals surface area contributed by atoms with Crippen molar-refractivity contribution in [3.8, 4) is 5.69 Å². The maximum Gasteiger partial charge on any atom is 0.391 e. The summed E-state index contributed by atoms with van der Waals surface area (Å²) >= 11 is 5.82. The molecular weight excluding hydrogens is 321 g/mol. The molecule has 1 aliphatic heterocycles. The molecule has 3 rings (SSSR count). The molecule has 0 aromatic carbocycles. The third kappa shape index (κ3) is 2.49. The Morgan fingerprint density at radius 2 is 2.09 bits per heavy atom. The molecule has 2 aromatic heterocycles. The van der Waals surface area contributed by atoms with Crippen LogP contribution in [0.15, 0.2) is 12.5 Å². The quantitative estimate of drug-likeness (QED) is 0.791. The summed E-state index contributed by atoms with van der Waals surface area (Å²) in [7, 11) is 0. The van der Waals surface area contributed by atoms with Crippen LogP contribution in [0.5, 0.6) is 0 Å². The van der Waals surface area contributed by atoms with Gasteiger partial charge in [-0.15, -0.1) is 10.2 Å². The number of hydrogen-bond acceptors (Lipinski definition) is 5. The number of rotatable bonds is 2. The van der Waals surface area contributed by atoms with Gasteiger partial charge in [-0.2, -0.15) is 18.2 Å². The molecule has 1 aliphatic rings. The lowest BCUT2D eigenvalue weighted by atomic mass is 10.1. The van der Waals surface area contributed by atoms with Gasteiger partial charge in [-0.05, 0) is 25.4 Å². The van der Waals surface area contributed by atoms with Gasteiger partial charge in [0.2, 0.25) is 5.28 Å². The molecule has 0 amide bonds. The summed E-state index contributed by atoms with van der Waals surface area (Å²) in [4.78, 5) is 9.56. The topological polar surface area (TPSA) is 59.7 Å². The van der Waals surface area contributed by atoms with E-state index in [4.69, 9.17) is 11.6 Å². The largest absolute Gasteiger partial charge is 0.391 e. The Hall–Kier alpha value is -1.90. The second kappa shape index (κ2) is 5.08. The molecule has 118 valence electrons. The van der Waals surface area contributed by atoms with E-state index in [1.165, 1.54) is 17.1 Å². The fraction of sp³-hybridized carbons (Fsp3) is 0.500. The second-order valence-corrected chi connectivity index (χ2v) is 5.58. The normalized spacial score (nSPS) is 17.6. The molecule has 1 atom stereocenters. The predicted molar refractivity (Wildman–Crippen MR) is 73.0 cm³/mol. The number of fused-ring (bicyclic) bond motifs is 3. The van der Waals surface area contributed by atoms with Crippen molar-refractivity contribution in [3.63, 3.8) is 0 Å². The first-order valence-corrected chi connectivity index (χ1v) is 6.93. The van der Waals surface area contributed by atoms with E-state index in [0.29, 0.717) is 11.5 Å². The molecule has 0 saturated heterocycles. The highest BCUT2D eigenvalue weighted by molar-refractivity contribution is 6.28. The minimum absolute atomic E-state index is 0.0216. The molecule has 10 heteroatoms. The molecular formula is C12H12ClF3N6. The molecule has 3 heterocycles. The van der Waals surface area contributed by atoms with Gasteiger partial charge >= 0.3 is 6.18 Å². The molecule has 6 nitrogen and oxygen atoms in total. The molecule has 1 unspecified atom stereocenters. The SMILES string of the molecule is CC(C)N1c2nc(Cl)ncc2-n2cnnc2C1CC(F)(F)F. The Kier molecular flexibility index (Phi) is 3.47. The lowest BCUT2D eigenvalue weighted by Gasteiger charge is -2.40. The molecule has 0 aliphatic carbocycles. The molecule has 0 radical (unpaired) electrons. The highest BCUT2D eigenvalue weighted by Gasteiger charge is 2.43. The zero-order valence-corrected chi connectivity index (χ0v) is 12.5. The van der Waals surface area contributed by atoms with E-state index in [0.717, 1.165) is 0 Å². The number of anilines is 1. The summed E-state index contributed by atoms with van der Waals surface area (Å²) < 4.78 is 40.4. The van der Waals surface area contributed by atoms with Gasteiger partial charge in [0.05, 0.1) is 18.7 Å². The third-order valence-corrected chi connectivity index (χ3v) is 3.60. The Bertz CT molecular complexity index is 698. The average molecular weight is 333 g/mol. The van der Waals surface area contributed by atoms with Gasteiger partial charge in [-0.25, -0.2) is 4.98 Å². The van der Waals surface area contributed by atoms with Crippen LogP contribution in [-0.4, -0.2) is 37.0 Å². The minimum Gasteiger partial charge on any atom is -0.342 e. The van der Waals surface area contributed by atoms with Gasteiger partial charge in [0.15, 0.2) is 11.6 Å². The molecule has 0 spiro atoms. The summed E-state index contributed by atoms with van der Waals surface area (Å²) in [5, 5.41) is 7.57. The maximum atomic E-state index is 13.0. The third-order valence-electron chi connectivity index (χ3n) is 3.41. The summed E-state index contributed by atoms with van der Waals surface area (Å²) in [6.07, 6.45) is -2.59. The fourth-order valence-corrected chi connectivity index (χ4v) is 2.78. The molecule has 0 bridgehead atoms. The summed E-state index contributed by atoms with van der Waals surface area (Å²) in [6.45, 7) is 3.57. The van der Waals surface area contributed by atoms with Gasteiger partial charge in [-0.1, -0.05) is 0 Å². The smallest absolute Gasteiger partial charge is 0.342 e. The molecule has 0 fully saturated rings. The molecule has 2 aromatic rings. The average Bonchev–Trinajstić information content (AvgIpc) is 2.85. The second-order valence-electron chi connectivity index (χ2n) is 5.24. The highest BCUT2D eigenvalue weighted by Crippen LogP contribution is 2.42. The predicted octanol–water partition coefficient (Wildman–Crippen LogP) is 2.93. The summed E-state index contributed by atoms with van der Waals surface area (Å²) in [5.41, 5.74) is 0.511. The monoisotopic (exact) mass is 332 g/mol. The summed E-state index contributed by atoms with van der Waals surface area (Å²) in [6, 6.07) is -1.25. The van der Waals surface area contributed by atoms with E-state index in [1.807, 2.05) is 0 Å². The van der Waals surface area contributed by atoms with E-state index < -0.39 is 18.6 Å². The number of halogens is 4. The number of alkyl halides is 3. The van der Waals surface area contributed by atoms with Crippen molar-refractivity contribution >= 4 is 17.4 Å². The first kappa shape index (κ1) is 15.0. The molecule has 0 N–H and O–H groups in total. The van der Waals surface area contributed by atoms with Crippen LogP contribution in [0.1, 0.15) is 32.1 Å². The first-order chi connectivity index (χ1) is 10.3. The van der Waals surface area contributed by atoms with Crippen LogP contribution in [0.3, 0.4) is 0 Å². The van der Waals surface area contributed by atoms with Crippen molar-refractivity contribution in [1.29, 1.82) is 0 Å². The minimum atomic E-state index is -4.34. The highest BCUT2D eigenvalue weighted by atomic mass is 35.5. The first-order valence-electron chi connectivity index (χ1n) is 6.56. The van der Waals surface area contributed by atoms with Gasteiger partial charge < -0.3 is 4.90 Å². The van der Waals surface area contributed by atoms with Crippen LogP contribution in [-0.2, 0) is 0 Å². The van der Waals surface area contributed by atoms with Gasteiger partial charge in [0.25, 0.3) is 0 Å². The van der Waals surface area contributed by atoms with E-state index in [1.54, 1.807) is 18.7 Å². The summed E-state index contributed by atoms with van der Waals surface area (Å²) in [5.74, 6) is 0.556. The van der Waals surface area contributed by atoms with Crippen LogP contribution in [0, 0.1) is 0 Å². The Labute approximate surface area is 128 Å². The number of nitrogens with zero attached hydrogens (tertiary/aromatic N) is 6. The van der Waals surface area contributed by atoms with Crippen LogP contribution in [0.4, 0.5) is 19.0 Å². The van der Waals surface area contributed by atoms with Crippen molar-refractivity contribution in [3.05, 3.63) is 23.6 Å². The molecule has 0 saturated carbocycles. The number of hydrogen-bond donors (Lipinski definition) is 0. The van der Waals surface area contributed by atoms with Gasteiger partial charge in [-0.3, -0.25) is 4.57 Å². The lowest BCUT2D eigenvalue weighted by molar-refractivity contribution is -0.139. The Morgan fingerprint density at radius 1 is 1.36 bits per heavy atom. The Balaban J connectivity index is 2.19. The van der Waals surface area contributed by atoms with Crippen LogP contribution >= 0.6 is 11.6 Å². The zero-order valence-electron chi connectivity index (χ0n) is 11.7. The number of aromatic nitrogens is 5. The fourth-order valence-electron chi connectivity index (χ4n) is 2.65. The van der Waals surface area contributed by atoms with E-state index in [-0.39, 0.29) is 17.1 Å². The zero-order chi connectivity index (χ0) is 16.1. The van der Waals surface area contributed by atoms with E-state index in [2.05, 4.69) is 20.2 Å². The van der Waals surface area contributed by atoms with Crippen molar-refractivity contribution in [1.82, 2.24) is 24.7 Å². The lowest BCUT2D eigenvalue weighted by Crippen LogP contribution is -2.42. The van der Waals surface area contributed by atoms with E-state index >= 15 is 0 Å². The van der Waals surface area contributed by atoms with Crippen molar-refractivity contribution < 1.29 is 13.2 Å². The van der Waals surface area contributed by atoms with Crippen molar-refractivity contribution in [2.75, 3.05) is 4.90 Å². The van der Waals surface area contributed by atoms with Gasteiger partial charge in [0.1, 0.15) is 12.0 Å². The Morgan fingerprint density at radius 3 is 2.73 bits per heavy atom. The van der Waals surface area contributed by atoms with Crippen LogP contribution in [0.25, 0.3) is 5.69 Å². The van der Waals surface area contributed by atoms with E-state index in [9.17, 15) is 13.2 Å². The maximum absolute atomic E-state index is 13.0. The van der Waals surface area contributed by atoms with Crippen LogP contribution < -0.4 is 4.90 Å². The van der Waals surface area contributed by atoms with Crippen molar-refractivity contribution in [2.24, 2.45) is 0 Å². The molecule has 22 heavy (non-hydrogen) atoms.